The number of nitrogens with two attached hydrogens (primary N) is 1. The van der Waals surface area contributed by atoms with Crippen molar-refractivity contribution in [1.29, 1.82) is 0 Å². The van der Waals surface area contributed by atoms with Gasteiger partial charge >= 0.3 is 6.03 Å². The minimum Gasteiger partial charge on any atom is -0.366 e. The monoisotopic (exact) mass is 324 g/mol. The molecule has 0 radical (unpaired) electrons. The molecule has 1 aliphatic rings. The summed E-state index contributed by atoms with van der Waals surface area (Å²) >= 11 is 1.12. The van der Waals surface area contributed by atoms with Gasteiger partial charge in [0.15, 0.2) is 0 Å². The number of hydrogen-bond acceptors (Lipinski definition) is 4. The molecule has 1 fully saturated rings. The lowest BCUT2D eigenvalue weighted by molar-refractivity contribution is -0.120. The third-order valence-electron chi connectivity index (χ3n) is 3.67. The number of hydrogen-bond donors (Lipinski definition) is 4. The third-order valence-corrected chi connectivity index (χ3v) is 4.64. The van der Waals surface area contributed by atoms with E-state index in [0.717, 1.165) is 37.0 Å². The van der Waals surface area contributed by atoms with Crippen LogP contribution < -0.4 is 21.7 Å². The molecule has 2 rings (SSSR count). The van der Waals surface area contributed by atoms with E-state index in [9.17, 15) is 14.4 Å². The van der Waals surface area contributed by atoms with Gasteiger partial charge in [0, 0.05) is 13.0 Å². The number of anilines is 2. The summed E-state index contributed by atoms with van der Waals surface area (Å²) in [7, 11) is 1.47. The van der Waals surface area contributed by atoms with Crippen LogP contribution in [0.15, 0.2) is 6.07 Å². The van der Waals surface area contributed by atoms with Gasteiger partial charge in [-0.2, -0.15) is 0 Å². The molecule has 7 nitrogen and oxygen atoms in total. The highest BCUT2D eigenvalue weighted by atomic mass is 32.1. The van der Waals surface area contributed by atoms with Crippen LogP contribution in [0.1, 0.15) is 42.5 Å². The third kappa shape index (κ3) is 3.97. The first-order valence-corrected chi connectivity index (χ1v) is 8.06. The Kier molecular flexibility index (Phi) is 5.37. The van der Waals surface area contributed by atoms with Gasteiger partial charge in [0.05, 0.1) is 10.6 Å². The predicted octanol–water partition coefficient (Wildman–Crippen LogP) is 2.12. The van der Waals surface area contributed by atoms with Crippen LogP contribution in [0.2, 0.25) is 0 Å². The fourth-order valence-corrected chi connectivity index (χ4v) is 3.44. The minimum atomic E-state index is -0.652. The summed E-state index contributed by atoms with van der Waals surface area (Å²) in [5.74, 6) is -0.674. The molecule has 1 aromatic rings. The lowest BCUT2D eigenvalue weighted by Gasteiger charge is -2.20. The molecule has 1 heterocycles. The van der Waals surface area contributed by atoms with E-state index in [1.54, 1.807) is 0 Å². The Labute approximate surface area is 132 Å². The zero-order valence-corrected chi connectivity index (χ0v) is 13.2. The average molecular weight is 324 g/mol. The normalized spacial score (nSPS) is 15.1. The summed E-state index contributed by atoms with van der Waals surface area (Å²) in [5.41, 5.74) is 5.49. The predicted molar refractivity (Wildman–Crippen MR) is 86.1 cm³/mol. The molecule has 120 valence electrons. The van der Waals surface area contributed by atoms with E-state index in [1.165, 1.54) is 19.5 Å². The fraction of sp³-hybridized carbons (Fsp3) is 0.500. The second-order valence-corrected chi connectivity index (χ2v) is 6.30. The maximum atomic E-state index is 12.2. The van der Waals surface area contributed by atoms with E-state index in [-0.39, 0.29) is 17.4 Å². The smallest absolute Gasteiger partial charge is 0.319 e. The van der Waals surface area contributed by atoms with E-state index < -0.39 is 11.9 Å². The molecule has 0 saturated heterocycles. The van der Waals surface area contributed by atoms with E-state index in [4.69, 9.17) is 5.73 Å². The van der Waals surface area contributed by atoms with Gasteiger partial charge in [-0.1, -0.05) is 30.6 Å². The highest BCUT2D eigenvalue weighted by molar-refractivity contribution is 7.20. The van der Waals surface area contributed by atoms with Crippen LogP contribution >= 0.6 is 11.3 Å². The minimum absolute atomic E-state index is 0.0169. The summed E-state index contributed by atoms with van der Waals surface area (Å²) in [4.78, 5) is 35.0. The topological polar surface area (TPSA) is 113 Å². The first-order chi connectivity index (χ1) is 10.5. The Balaban J connectivity index is 2.10. The van der Waals surface area contributed by atoms with Crippen molar-refractivity contribution in [2.24, 2.45) is 11.7 Å². The Bertz CT molecular complexity index is 579. The Hall–Kier alpha value is -2.09. The molecule has 0 spiro atoms. The van der Waals surface area contributed by atoms with Crippen LogP contribution in [0.5, 0.6) is 0 Å². The van der Waals surface area contributed by atoms with Gasteiger partial charge < -0.3 is 16.4 Å². The molecule has 22 heavy (non-hydrogen) atoms. The molecule has 1 aliphatic carbocycles. The van der Waals surface area contributed by atoms with Crippen LogP contribution in [0.25, 0.3) is 0 Å². The molecule has 0 aliphatic heterocycles. The fourth-order valence-electron chi connectivity index (χ4n) is 2.48. The summed E-state index contributed by atoms with van der Waals surface area (Å²) < 4.78 is 0. The molecule has 4 amide bonds. The van der Waals surface area contributed by atoms with Crippen LogP contribution in [0, 0.1) is 5.92 Å². The summed E-state index contributed by atoms with van der Waals surface area (Å²) in [6.07, 6.45) is 5.10. The van der Waals surface area contributed by atoms with E-state index >= 15 is 0 Å². The average Bonchev–Trinajstić information content (AvgIpc) is 2.90. The number of thiophene rings is 1. The van der Waals surface area contributed by atoms with Gasteiger partial charge in [0.25, 0.3) is 5.91 Å². The maximum Gasteiger partial charge on any atom is 0.319 e. The van der Waals surface area contributed by atoms with E-state index in [0.29, 0.717) is 10.0 Å². The Morgan fingerprint density at radius 3 is 2.45 bits per heavy atom. The maximum absolute atomic E-state index is 12.2. The number of nitrogens with one attached hydrogen (secondary N) is 3. The van der Waals surface area contributed by atoms with Crippen LogP contribution in [0.3, 0.4) is 0 Å². The van der Waals surface area contributed by atoms with Crippen molar-refractivity contribution < 1.29 is 14.4 Å². The van der Waals surface area contributed by atoms with Crippen LogP contribution in [-0.2, 0) is 4.79 Å². The van der Waals surface area contributed by atoms with Crippen molar-refractivity contribution in [3.05, 3.63) is 11.6 Å². The van der Waals surface area contributed by atoms with Crippen molar-refractivity contribution in [3.8, 4) is 0 Å². The Morgan fingerprint density at radius 1 is 1.18 bits per heavy atom. The van der Waals surface area contributed by atoms with E-state index in [2.05, 4.69) is 16.0 Å². The largest absolute Gasteiger partial charge is 0.366 e. The lowest BCUT2D eigenvalue weighted by Crippen LogP contribution is -2.25. The van der Waals surface area contributed by atoms with Crippen LogP contribution in [-0.4, -0.2) is 24.9 Å². The zero-order valence-electron chi connectivity index (χ0n) is 12.4. The number of carbonyl (C=O) groups is 3. The molecule has 0 bridgehead atoms. The van der Waals surface area contributed by atoms with Gasteiger partial charge in [0.2, 0.25) is 5.91 Å². The highest BCUT2D eigenvalue weighted by Gasteiger charge is 2.23. The van der Waals surface area contributed by atoms with Gasteiger partial charge in [-0.15, -0.1) is 0 Å². The molecule has 0 aromatic carbocycles. The zero-order chi connectivity index (χ0) is 16.1. The molecule has 0 atom stereocenters. The number of primary amides is 1. The van der Waals surface area contributed by atoms with Crippen molar-refractivity contribution in [3.63, 3.8) is 0 Å². The molecule has 0 unspecified atom stereocenters. The van der Waals surface area contributed by atoms with E-state index in [1.807, 2.05) is 0 Å². The molecular weight excluding hydrogens is 304 g/mol. The number of rotatable bonds is 4. The van der Waals surface area contributed by atoms with Crippen molar-refractivity contribution in [2.45, 2.75) is 32.1 Å². The summed E-state index contributed by atoms with van der Waals surface area (Å²) in [6.45, 7) is 0. The number of carbonyl (C=O) groups excluding carboxylic acids is 3. The van der Waals surface area contributed by atoms with Gasteiger partial charge in [0.1, 0.15) is 5.00 Å². The lowest BCUT2D eigenvalue weighted by atomic mass is 9.89. The van der Waals surface area contributed by atoms with Gasteiger partial charge in [-0.05, 0) is 18.9 Å². The van der Waals surface area contributed by atoms with Crippen molar-refractivity contribution >= 4 is 39.2 Å². The molecule has 8 heteroatoms. The highest BCUT2D eigenvalue weighted by Crippen LogP contribution is 2.33. The first-order valence-electron chi connectivity index (χ1n) is 7.24. The molecule has 1 aromatic heterocycles. The summed E-state index contributed by atoms with van der Waals surface area (Å²) in [5, 5.41) is 8.58. The second-order valence-electron chi connectivity index (χ2n) is 5.25. The number of urea groups is 1. The second kappa shape index (κ2) is 7.26. The van der Waals surface area contributed by atoms with Gasteiger partial charge in [-0.25, -0.2) is 4.79 Å². The SMILES string of the molecule is CNC(=O)Nc1sc(NC(=O)C2CCCCC2)cc1C(N)=O. The Morgan fingerprint density at radius 2 is 1.86 bits per heavy atom. The van der Waals surface area contributed by atoms with Crippen molar-refractivity contribution in [2.75, 3.05) is 17.7 Å². The van der Waals surface area contributed by atoms with Crippen molar-refractivity contribution in [1.82, 2.24) is 5.32 Å². The first kappa shape index (κ1) is 16.3. The molecule has 1 saturated carbocycles. The summed E-state index contributed by atoms with van der Waals surface area (Å²) in [6, 6.07) is 1.05. The standard InChI is InChI=1S/C14H20N4O3S/c1-16-14(21)18-13-9(11(15)19)7-10(22-13)17-12(20)8-5-3-2-4-6-8/h7-8H,2-6H2,1H3,(H2,15,19)(H,17,20)(H2,16,18,21). The number of amides is 4. The van der Waals surface area contributed by atoms with Crippen LogP contribution in [0.4, 0.5) is 14.8 Å². The molecular formula is C14H20N4O3S. The molecule has 5 N–H and O–H groups in total. The van der Waals surface area contributed by atoms with Gasteiger partial charge in [-0.3, -0.25) is 14.9 Å². The quantitative estimate of drug-likeness (QED) is 0.680.